The Morgan fingerprint density at radius 1 is 0.857 bits per heavy atom. The van der Waals surface area contributed by atoms with E-state index >= 15 is 0 Å². The smallest absolute Gasteiger partial charge is 0.258 e. The van der Waals surface area contributed by atoms with Crippen LogP contribution in [0.4, 0.5) is 9.52 Å². The van der Waals surface area contributed by atoms with Crippen LogP contribution in [-0.4, -0.2) is 30.1 Å². The van der Waals surface area contributed by atoms with Gasteiger partial charge in [-0.3, -0.25) is 10.1 Å². The number of amides is 1. The van der Waals surface area contributed by atoms with Crippen molar-refractivity contribution in [2.45, 2.75) is 0 Å². The van der Waals surface area contributed by atoms with Crippen LogP contribution >= 0.6 is 11.3 Å². The van der Waals surface area contributed by atoms with Gasteiger partial charge in [0.05, 0.1) is 36.7 Å². The summed E-state index contributed by atoms with van der Waals surface area (Å²) in [6, 6.07) is 20.8. The van der Waals surface area contributed by atoms with Crippen molar-refractivity contribution in [2.75, 3.05) is 19.5 Å². The van der Waals surface area contributed by atoms with Gasteiger partial charge >= 0.3 is 0 Å². The molecule has 1 N–H and O–H groups in total. The number of thiazole rings is 1. The van der Waals surface area contributed by atoms with E-state index in [1.54, 1.807) is 38.5 Å². The molecule has 0 aliphatic carbocycles. The summed E-state index contributed by atoms with van der Waals surface area (Å²) in [4.78, 5) is 22.6. The van der Waals surface area contributed by atoms with Gasteiger partial charge in [-0.25, -0.2) is 14.4 Å². The monoisotopic (exact) mass is 485 g/mol. The number of rotatable bonds is 6. The van der Waals surface area contributed by atoms with Crippen LogP contribution in [0.15, 0.2) is 78.2 Å². The average Bonchev–Trinajstić information content (AvgIpc) is 3.36. The van der Waals surface area contributed by atoms with Crippen LogP contribution in [0.5, 0.6) is 11.5 Å². The molecule has 0 saturated carbocycles. The van der Waals surface area contributed by atoms with Gasteiger partial charge in [-0.1, -0.05) is 18.2 Å². The van der Waals surface area contributed by atoms with E-state index in [1.807, 2.05) is 41.8 Å². The summed E-state index contributed by atoms with van der Waals surface area (Å²) in [6.07, 6.45) is 0. The lowest BCUT2D eigenvalue weighted by molar-refractivity contribution is 0.102. The summed E-state index contributed by atoms with van der Waals surface area (Å²) >= 11 is 1.30. The molecule has 5 aromatic rings. The zero-order valence-corrected chi connectivity index (χ0v) is 19.7. The van der Waals surface area contributed by atoms with E-state index in [9.17, 15) is 9.18 Å². The zero-order chi connectivity index (χ0) is 24.4. The van der Waals surface area contributed by atoms with Crippen LogP contribution in [0.25, 0.3) is 33.4 Å². The lowest BCUT2D eigenvalue weighted by atomic mass is 10.0. The molecule has 2 aromatic heterocycles. The molecule has 0 aliphatic heterocycles. The van der Waals surface area contributed by atoms with Crippen LogP contribution in [0.3, 0.4) is 0 Å². The SMILES string of the molecule is COc1ccc(-c2cc(C(=O)Nc3nc(-c4ccc(F)cc4)cs3)c3ccccc3n2)cc1OC. The predicted molar refractivity (Wildman–Crippen MR) is 136 cm³/mol. The Morgan fingerprint density at radius 2 is 1.60 bits per heavy atom. The van der Waals surface area contributed by atoms with E-state index in [0.29, 0.717) is 39.1 Å². The maximum Gasteiger partial charge on any atom is 0.258 e. The first-order chi connectivity index (χ1) is 17.1. The number of benzene rings is 3. The number of ether oxygens (including phenoxy) is 2. The fourth-order valence-electron chi connectivity index (χ4n) is 3.76. The number of hydrogen-bond acceptors (Lipinski definition) is 6. The number of para-hydroxylation sites is 1. The molecule has 174 valence electrons. The van der Waals surface area contributed by atoms with Crippen molar-refractivity contribution in [3.8, 4) is 34.0 Å². The third-order valence-corrected chi connectivity index (χ3v) is 6.26. The molecule has 3 aromatic carbocycles. The average molecular weight is 486 g/mol. The van der Waals surface area contributed by atoms with Gasteiger partial charge in [0.25, 0.3) is 5.91 Å². The number of methoxy groups -OCH3 is 2. The minimum atomic E-state index is -0.313. The van der Waals surface area contributed by atoms with Gasteiger partial charge in [0.15, 0.2) is 16.6 Å². The third-order valence-electron chi connectivity index (χ3n) is 5.50. The van der Waals surface area contributed by atoms with E-state index < -0.39 is 0 Å². The molecule has 1 amide bonds. The molecule has 5 rings (SSSR count). The van der Waals surface area contributed by atoms with Crippen molar-refractivity contribution in [3.63, 3.8) is 0 Å². The molecule has 0 atom stereocenters. The molecule has 0 spiro atoms. The highest BCUT2D eigenvalue weighted by molar-refractivity contribution is 7.14. The first-order valence-electron chi connectivity index (χ1n) is 10.7. The third kappa shape index (κ3) is 4.56. The number of hydrogen-bond donors (Lipinski definition) is 1. The second-order valence-electron chi connectivity index (χ2n) is 7.64. The van der Waals surface area contributed by atoms with Gasteiger partial charge in [-0.2, -0.15) is 0 Å². The Labute approximate surface area is 205 Å². The molecular formula is C27H20FN3O3S. The van der Waals surface area contributed by atoms with Crippen molar-refractivity contribution in [1.29, 1.82) is 0 Å². The number of nitrogens with zero attached hydrogens (tertiary/aromatic N) is 2. The fourth-order valence-corrected chi connectivity index (χ4v) is 4.47. The minimum Gasteiger partial charge on any atom is -0.493 e. The van der Waals surface area contributed by atoms with Gasteiger partial charge in [0.1, 0.15) is 5.82 Å². The summed E-state index contributed by atoms with van der Waals surface area (Å²) in [5.74, 6) is 0.565. The molecule has 6 nitrogen and oxygen atoms in total. The predicted octanol–water partition coefficient (Wildman–Crippen LogP) is 6.43. The lowest BCUT2D eigenvalue weighted by Crippen LogP contribution is -2.13. The van der Waals surface area contributed by atoms with E-state index in [0.717, 1.165) is 16.5 Å². The van der Waals surface area contributed by atoms with Crippen molar-refractivity contribution >= 4 is 33.3 Å². The van der Waals surface area contributed by atoms with E-state index in [1.165, 1.54) is 23.5 Å². The van der Waals surface area contributed by atoms with Gasteiger partial charge in [-0.15, -0.1) is 11.3 Å². The lowest BCUT2D eigenvalue weighted by Gasteiger charge is -2.12. The number of fused-ring (bicyclic) bond motifs is 1. The number of carbonyl (C=O) groups excluding carboxylic acids is 1. The molecule has 2 heterocycles. The number of halogens is 1. The quantitative estimate of drug-likeness (QED) is 0.300. The van der Waals surface area contributed by atoms with Crippen LogP contribution in [0.1, 0.15) is 10.4 Å². The van der Waals surface area contributed by atoms with Crippen LogP contribution in [0, 0.1) is 5.82 Å². The topological polar surface area (TPSA) is 73.3 Å². The maximum absolute atomic E-state index is 13.4. The number of carbonyl (C=O) groups is 1. The Morgan fingerprint density at radius 3 is 2.37 bits per heavy atom. The van der Waals surface area contributed by atoms with Gasteiger partial charge in [0, 0.05) is 21.9 Å². The van der Waals surface area contributed by atoms with E-state index in [-0.39, 0.29) is 11.7 Å². The Bertz CT molecular complexity index is 1530. The molecule has 35 heavy (non-hydrogen) atoms. The van der Waals surface area contributed by atoms with E-state index in [2.05, 4.69) is 10.3 Å². The fraction of sp³-hybridized carbons (Fsp3) is 0.0741. The number of pyridine rings is 1. The first kappa shape index (κ1) is 22.5. The highest BCUT2D eigenvalue weighted by Crippen LogP contribution is 2.33. The van der Waals surface area contributed by atoms with Gasteiger partial charge < -0.3 is 9.47 Å². The second-order valence-corrected chi connectivity index (χ2v) is 8.50. The van der Waals surface area contributed by atoms with Gasteiger partial charge in [0.2, 0.25) is 0 Å². The molecule has 0 unspecified atom stereocenters. The summed E-state index contributed by atoms with van der Waals surface area (Å²) < 4.78 is 24.0. The summed E-state index contributed by atoms with van der Waals surface area (Å²) in [5.41, 5.74) is 4.01. The normalized spacial score (nSPS) is 10.8. The Kier molecular flexibility index (Phi) is 6.12. The molecule has 8 heteroatoms. The van der Waals surface area contributed by atoms with Crippen molar-refractivity contribution < 1.29 is 18.7 Å². The second kappa shape index (κ2) is 9.52. The number of nitrogens with one attached hydrogen (secondary N) is 1. The number of anilines is 1. The highest BCUT2D eigenvalue weighted by Gasteiger charge is 2.17. The largest absolute Gasteiger partial charge is 0.493 e. The van der Waals surface area contributed by atoms with Crippen LogP contribution < -0.4 is 14.8 Å². The molecule has 0 radical (unpaired) electrons. The summed E-state index contributed by atoms with van der Waals surface area (Å²) in [5, 5.41) is 5.89. The zero-order valence-electron chi connectivity index (χ0n) is 18.9. The molecule has 0 aliphatic rings. The standard InChI is InChI=1S/C27H20FN3O3S/c1-33-24-12-9-17(13-25(24)34-2)22-14-20(19-5-3-4-6-21(19)29-22)26(32)31-27-30-23(15-35-27)16-7-10-18(28)11-8-16/h3-15H,1-2H3,(H,30,31,32). The van der Waals surface area contributed by atoms with Crippen molar-refractivity contribution in [2.24, 2.45) is 0 Å². The van der Waals surface area contributed by atoms with Gasteiger partial charge in [-0.05, 0) is 54.6 Å². The minimum absolute atomic E-state index is 0.301. The molecular weight excluding hydrogens is 465 g/mol. The van der Waals surface area contributed by atoms with E-state index in [4.69, 9.17) is 14.5 Å². The van der Waals surface area contributed by atoms with Crippen molar-refractivity contribution in [3.05, 3.63) is 89.6 Å². The van der Waals surface area contributed by atoms with Crippen molar-refractivity contribution in [1.82, 2.24) is 9.97 Å². The molecule has 0 fully saturated rings. The summed E-state index contributed by atoms with van der Waals surface area (Å²) in [6.45, 7) is 0. The van der Waals surface area contributed by atoms with Crippen LogP contribution in [0.2, 0.25) is 0 Å². The number of aromatic nitrogens is 2. The maximum atomic E-state index is 13.4. The van der Waals surface area contributed by atoms with Crippen LogP contribution in [-0.2, 0) is 0 Å². The molecule has 0 saturated heterocycles. The highest BCUT2D eigenvalue weighted by atomic mass is 32.1. The Hall–Kier alpha value is -4.30. The first-order valence-corrected chi connectivity index (χ1v) is 11.6. The molecule has 0 bridgehead atoms. The Balaban J connectivity index is 1.50. The summed E-state index contributed by atoms with van der Waals surface area (Å²) in [7, 11) is 3.15.